The number of fused-ring (bicyclic) bond motifs is 1. The van der Waals surface area contributed by atoms with Crippen LogP contribution in [-0.4, -0.2) is 20.7 Å². The van der Waals surface area contributed by atoms with E-state index in [0.29, 0.717) is 17.3 Å². The fourth-order valence-electron chi connectivity index (χ4n) is 1.99. The number of para-hydroxylation sites is 1. The summed E-state index contributed by atoms with van der Waals surface area (Å²) >= 11 is 6.09. The van der Waals surface area contributed by atoms with Crippen LogP contribution >= 0.6 is 11.6 Å². The average molecular weight is 254 g/mol. The van der Waals surface area contributed by atoms with E-state index in [0.717, 1.165) is 10.9 Å². The van der Waals surface area contributed by atoms with Gasteiger partial charge in [0, 0.05) is 11.9 Å². The number of benzene rings is 1. The van der Waals surface area contributed by atoms with Crippen molar-refractivity contribution in [1.82, 2.24) is 4.57 Å². The number of halogens is 1. The zero-order chi connectivity index (χ0) is 12.6. The fraction of sp³-hybridized carbons (Fsp3) is 0.250. The number of nitrogens with zero attached hydrogens (tertiary/aromatic N) is 1. The van der Waals surface area contributed by atoms with Gasteiger partial charge < -0.3 is 14.8 Å². The Morgan fingerprint density at radius 1 is 1.53 bits per heavy atom. The molecule has 1 aromatic carbocycles. The zero-order valence-corrected chi connectivity index (χ0v) is 9.98. The lowest BCUT2D eigenvalue weighted by molar-refractivity contribution is -0.147. The summed E-state index contributed by atoms with van der Waals surface area (Å²) in [5.74, 6) is -1.27. The maximum absolute atomic E-state index is 10.8. The van der Waals surface area contributed by atoms with Gasteiger partial charge in [0.25, 0.3) is 0 Å². The molecule has 0 fully saturated rings. The molecule has 0 saturated heterocycles. The highest BCUT2D eigenvalue weighted by atomic mass is 35.5. The molecule has 0 aliphatic carbocycles. The molecule has 0 aliphatic heterocycles. The van der Waals surface area contributed by atoms with Crippen molar-refractivity contribution in [1.29, 1.82) is 0 Å². The van der Waals surface area contributed by atoms with Crippen molar-refractivity contribution in [3.63, 3.8) is 0 Å². The Kier molecular flexibility index (Phi) is 3.09. The van der Waals surface area contributed by atoms with Crippen molar-refractivity contribution in [2.24, 2.45) is 0 Å². The molecule has 5 heteroatoms. The van der Waals surface area contributed by atoms with Gasteiger partial charge in [-0.2, -0.15) is 0 Å². The number of hydrogen-bond acceptors (Lipinski definition) is 2. The van der Waals surface area contributed by atoms with Crippen LogP contribution in [0, 0.1) is 0 Å². The molecule has 1 atom stereocenters. The Morgan fingerprint density at radius 2 is 2.24 bits per heavy atom. The van der Waals surface area contributed by atoms with Crippen LogP contribution in [0.2, 0.25) is 5.02 Å². The molecule has 1 aromatic heterocycles. The van der Waals surface area contributed by atoms with Crippen molar-refractivity contribution in [2.45, 2.75) is 19.6 Å². The van der Waals surface area contributed by atoms with E-state index < -0.39 is 12.1 Å². The van der Waals surface area contributed by atoms with Crippen LogP contribution in [0.3, 0.4) is 0 Å². The molecule has 90 valence electrons. The van der Waals surface area contributed by atoms with Gasteiger partial charge in [-0.05, 0) is 19.1 Å². The zero-order valence-electron chi connectivity index (χ0n) is 9.22. The largest absolute Gasteiger partial charge is 0.479 e. The Morgan fingerprint density at radius 3 is 2.82 bits per heavy atom. The first-order valence-corrected chi connectivity index (χ1v) is 5.62. The predicted octanol–water partition coefficient (Wildman–Crippen LogP) is 2.43. The van der Waals surface area contributed by atoms with Crippen LogP contribution in [0.25, 0.3) is 10.9 Å². The van der Waals surface area contributed by atoms with E-state index in [4.69, 9.17) is 16.7 Å². The summed E-state index contributed by atoms with van der Waals surface area (Å²) in [6, 6.07) is 7.03. The molecule has 0 aliphatic rings. The second-order valence-electron chi connectivity index (χ2n) is 3.73. The molecule has 2 aromatic rings. The number of aryl methyl sites for hydroxylation is 1. The SMILES string of the molecule is CCn1c(C(O)C(=O)O)cc2cccc(Cl)c21. The van der Waals surface area contributed by atoms with E-state index in [2.05, 4.69) is 0 Å². The highest BCUT2D eigenvalue weighted by Crippen LogP contribution is 2.29. The van der Waals surface area contributed by atoms with E-state index in [9.17, 15) is 9.90 Å². The predicted molar refractivity (Wildman–Crippen MR) is 65.2 cm³/mol. The number of hydrogen-bond donors (Lipinski definition) is 2. The number of aromatic nitrogens is 1. The molecule has 0 bridgehead atoms. The lowest BCUT2D eigenvalue weighted by Gasteiger charge is -2.10. The quantitative estimate of drug-likeness (QED) is 0.883. The number of carboxylic acids is 1. The second-order valence-corrected chi connectivity index (χ2v) is 4.14. The summed E-state index contributed by atoms with van der Waals surface area (Å²) in [6.07, 6.45) is -1.53. The maximum atomic E-state index is 10.8. The topological polar surface area (TPSA) is 62.5 Å². The summed E-state index contributed by atoms with van der Waals surface area (Å²) in [5, 5.41) is 19.9. The molecule has 4 nitrogen and oxygen atoms in total. The van der Waals surface area contributed by atoms with Gasteiger partial charge >= 0.3 is 5.97 Å². The number of rotatable bonds is 3. The Bertz CT molecular complexity index is 576. The minimum absolute atomic E-state index is 0.350. The van der Waals surface area contributed by atoms with Gasteiger partial charge in [0.15, 0.2) is 6.10 Å². The molecule has 1 unspecified atom stereocenters. The first-order valence-electron chi connectivity index (χ1n) is 5.24. The van der Waals surface area contributed by atoms with Gasteiger partial charge in [0.1, 0.15) is 0 Å². The van der Waals surface area contributed by atoms with Gasteiger partial charge in [-0.15, -0.1) is 0 Å². The molecule has 0 saturated carbocycles. The third kappa shape index (κ3) is 1.90. The lowest BCUT2D eigenvalue weighted by atomic mass is 10.2. The van der Waals surface area contributed by atoms with Gasteiger partial charge in [0.2, 0.25) is 0 Å². The normalized spacial score (nSPS) is 12.9. The second kappa shape index (κ2) is 4.39. The third-order valence-electron chi connectivity index (χ3n) is 2.73. The summed E-state index contributed by atoms with van der Waals surface area (Å²) in [6.45, 7) is 2.42. The molecule has 0 spiro atoms. The fourth-order valence-corrected chi connectivity index (χ4v) is 2.28. The molecule has 2 N–H and O–H groups in total. The summed E-state index contributed by atoms with van der Waals surface area (Å²) in [7, 11) is 0. The highest BCUT2D eigenvalue weighted by Gasteiger charge is 2.22. The van der Waals surface area contributed by atoms with Crippen molar-refractivity contribution in [3.05, 3.63) is 35.0 Å². The first-order chi connectivity index (χ1) is 8.06. The van der Waals surface area contributed by atoms with Crippen LogP contribution < -0.4 is 0 Å². The number of aliphatic carboxylic acids is 1. The van der Waals surface area contributed by atoms with E-state index in [1.807, 2.05) is 13.0 Å². The average Bonchev–Trinajstić information content (AvgIpc) is 2.67. The van der Waals surface area contributed by atoms with Crippen LogP contribution in [-0.2, 0) is 11.3 Å². The molecule has 2 rings (SSSR count). The van der Waals surface area contributed by atoms with Crippen molar-refractivity contribution in [3.8, 4) is 0 Å². The Balaban J connectivity index is 2.73. The Labute approximate surface area is 103 Å². The highest BCUT2D eigenvalue weighted by molar-refractivity contribution is 6.35. The third-order valence-corrected chi connectivity index (χ3v) is 3.04. The molecule has 0 amide bonds. The lowest BCUT2D eigenvalue weighted by Crippen LogP contribution is -2.15. The first kappa shape index (κ1) is 12.0. The number of aliphatic hydroxyl groups excluding tert-OH is 1. The van der Waals surface area contributed by atoms with Crippen LogP contribution in [0.15, 0.2) is 24.3 Å². The molecule has 1 heterocycles. The van der Waals surface area contributed by atoms with Crippen LogP contribution in [0.1, 0.15) is 18.7 Å². The van der Waals surface area contributed by atoms with Crippen molar-refractivity contribution in [2.75, 3.05) is 0 Å². The van der Waals surface area contributed by atoms with E-state index in [1.54, 1.807) is 22.8 Å². The van der Waals surface area contributed by atoms with Crippen molar-refractivity contribution < 1.29 is 15.0 Å². The summed E-state index contributed by atoms with van der Waals surface area (Å²) < 4.78 is 1.72. The van der Waals surface area contributed by atoms with Gasteiger partial charge in [0.05, 0.1) is 16.2 Å². The number of aliphatic hydroxyl groups is 1. The summed E-state index contributed by atoms with van der Waals surface area (Å²) in [5.41, 5.74) is 1.11. The van der Waals surface area contributed by atoms with Gasteiger partial charge in [-0.25, -0.2) is 4.79 Å². The minimum Gasteiger partial charge on any atom is -0.479 e. The molecular formula is C12H12ClNO3. The Hall–Kier alpha value is -1.52. The monoisotopic (exact) mass is 253 g/mol. The van der Waals surface area contributed by atoms with Gasteiger partial charge in [-0.1, -0.05) is 23.7 Å². The molecule has 17 heavy (non-hydrogen) atoms. The minimum atomic E-state index is -1.53. The van der Waals surface area contributed by atoms with Gasteiger partial charge in [-0.3, -0.25) is 0 Å². The number of carboxylic acid groups (broad SMARTS) is 1. The van der Waals surface area contributed by atoms with E-state index >= 15 is 0 Å². The summed E-state index contributed by atoms with van der Waals surface area (Å²) in [4.78, 5) is 10.8. The van der Waals surface area contributed by atoms with E-state index in [1.165, 1.54) is 0 Å². The maximum Gasteiger partial charge on any atom is 0.338 e. The van der Waals surface area contributed by atoms with Crippen LogP contribution in [0.5, 0.6) is 0 Å². The van der Waals surface area contributed by atoms with Crippen molar-refractivity contribution >= 4 is 28.5 Å². The number of carbonyl (C=O) groups is 1. The van der Waals surface area contributed by atoms with E-state index in [-0.39, 0.29) is 0 Å². The smallest absolute Gasteiger partial charge is 0.338 e. The standard InChI is InChI=1S/C12H12ClNO3/c1-2-14-9(11(15)12(16)17)6-7-4-3-5-8(13)10(7)14/h3-6,11,15H,2H2,1H3,(H,16,17). The van der Waals surface area contributed by atoms with Crippen LogP contribution in [0.4, 0.5) is 0 Å². The molecular weight excluding hydrogens is 242 g/mol. The molecule has 0 radical (unpaired) electrons.